The molecule has 40 heavy (non-hydrogen) atoms. The number of tetrazole rings is 1. The Kier molecular flexibility index (Phi) is 8.25. The van der Waals surface area contributed by atoms with Gasteiger partial charge in [0.05, 0.1) is 16.0 Å². The normalized spacial score (nSPS) is 18.4. The van der Waals surface area contributed by atoms with E-state index in [-0.39, 0.29) is 11.3 Å². The Morgan fingerprint density at radius 1 is 0.925 bits per heavy atom. The van der Waals surface area contributed by atoms with Crippen LogP contribution in [0.4, 0.5) is 0 Å². The first kappa shape index (κ1) is 28.3. The van der Waals surface area contributed by atoms with Crippen LogP contribution in [0.15, 0.2) is 91.0 Å². The third-order valence-electron chi connectivity index (χ3n) is 7.97. The van der Waals surface area contributed by atoms with Gasteiger partial charge in [-0.1, -0.05) is 124 Å². The fourth-order valence-corrected chi connectivity index (χ4v) is 11.7. The van der Waals surface area contributed by atoms with E-state index in [2.05, 4.69) is 113 Å². The number of β-lactam (4-membered cyclic amide) rings is 1. The number of aliphatic hydroxyl groups is 1. The Hall–Kier alpha value is -3.27. The number of benzene rings is 3. The van der Waals surface area contributed by atoms with Gasteiger partial charge in [0.15, 0.2) is 14.1 Å². The molecule has 1 N–H and O–H groups in total. The van der Waals surface area contributed by atoms with Crippen LogP contribution >= 0.6 is 11.8 Å². The fraction of sp³-hybridized carbons (Fsp3) is 0.355. The van der Waals surface area contributed by atoms with E-state index in [4.69, 9.17) is 0 Å². The van der Waals surface area contributed by atoms with Crippen LogP contribution in [0, 0.1) is 5.92 Å². The van der Waals surface area contributed by atoms with Crippen molar-refractivity contribution in [3.8, 4) is 0 Å². The highest BCUT2D eigenvalue weighted by Crippen LogP contribution is 2.57. The highest BCUT2D eigenvalue weighted by molar-refractivity contribution is 8.01. The zero-order valence-corrected chi connectivity index (χ0v) is 25.3. The SMILES string of the molecule is CCCC[Si](C)(C)N1C(=O)C(C(O)c2nnnn2C)C1SC(c1ccccc1)(c1ccccc1)c1ccccc1. The summed E-state index contributed by atoms with van der Waals surface area (Å²) in [7, 11) is -0.464. The summed E-state index contributed by atoms with van der Waals surface area (Å²) in [5.74, 6) is -0.371. The van der Waals surface area contributed by atoms with Crippen molar-refractivity contribution < 1.29 is 9.90 Å². The van der Waals surface area contributed by atoms with Crippen LogP contribution in [0.5, 0.6) is 0 Å². The van der Waals surface area contributed by atoms with E-state index in [9.17, 15) is 9.90 Å². The smallest absolute Gasteiger partial charge is 0.224 e. The van der Waals surface area contributed by atoms with E-state index >= 15 is 0 Å². The second-order valence-electron chi connectivity index (χ2n) is 11.0. The maximum absolute atomic E-state index is 14.0. The third kappa shape index (κ3) is 5.02. The van der Waals surface area contributed by atoms with E-state index in [1.807, 2.05) is 18.2 Å². The van der Waals surface area contributed by atoms with Gasteiger partial charge in [-0.15, -0.1) is 16.9 Å². The largest absolute Gasteiger partial charge is 0.384 e. The number of unbranched alkanes of at least 4 members (excludes halogenated alkanes) is 1. The Bertz CT molecular complexity index is 1320. The van der Waals surface area contributed by atoms with Crippen LogP contribution in [0.1, 0.15) is 48.4 Å². The van der Waals surface area contributed by atoms with Gasteiger partial charge in [0.2, 0.25) is 5.91 Å². The summed E-state index contributed by atoms with van der Waals surface area (Å²) in [6, 6.07) is 32.5. The molecule has 1 fully saturated rings. The van der Waals surface area contributed by atoms with E-state index in [0.29, 0.717) is 5.82 Å². The lowest BCUT2D eigenvalue weighted by Crippen LogP contribution is -2.71. The molecule has 0 radical (unpaired) electrons. The van der Waals surface area contributed by atoms with Crippen molar-refractivity contribution in [2.75, 3.05) is 0 Å². The van der Waals surface area contributed by atoms with Crippen LogP contribution < -0.4 is 0 Å². The van der Waals surface area contributed by atoms with Gasteiger partial charge in [-0.2, -0.15) is 0 Å². The molecule has 1 aliphatic heterocycles. The van der Waals surface area contributed by atoms with Gasteiger partial charge in [0.25, 0.3) is 0 Å². The molecule has 0 bridgehead atoms. The van der Waals surface area contributed by atoms with Crippen molar-refractivity contribution in [1.29, 1.82) is 0 Å². The van der Waals surface area contributed by atoms with E-state index in [1.54, 1.807) is 18.8 Å². The second kappa shape index (κ2) is 11.7. The van der Waals surface area contributed by atoms with Gasteiger partial charge in [-0.25, -0.2) is 4.68 Å². The predicted octanol–water partition coefficient (Wildman–Crippen LogP) is 5.76. The molecule has 7 nitrogen and oxygen atoms in total. The van der Waals surface area contributed by atoms with Crippen LogP contribution in [-0.2, 0) is 16.6 Å². The number of hydrogen-bond acceptors (Lipinski definition) is 6. The van der Waals surface area contributed by atoms with Gasteiger partial charge < -0.3 is 9.67 Å². The highest BCUT2D eigenvalue weighted by atomic mass is 32.2. The van der Waals surface area contributed by atoms with Gasteiger partial charge in [0, 0.05) is 7.05 Å². The van der Waals surface area contributed by atoms with Crippen LogP contribution in [-0.4, -0.2) is 49.4 Å². The molecule has 3 atom stereocenters. The van der Waals surface area contributed by atoms with Crippen LogP contribution in [0.3, 0.4) is 0 Å². The average Bonchev–Trinajstić information content (AvgIpc) is 3.41. The molecule has 9 heteroatoms. The van der Waals surface area contributed by atoms with Gasteiger partial charge >= 0.3 is 0 Å². The molecule has 4 aromatic rings. The minimum absolute atomic E-state index is 0.0103. The molecule has 0 saturated carbocycles. The minimum atomic E-state index is -2.16. The zero-order chi connectivity index (χ0) is 28.3. The molecule has 2 heterocycles. The quantitative estimate of drug-likeness (QED) is 0.140. The summed E-state index contributed by atoms with van der Waals surface area (Å²) in [4.78, 5) is 14.0. The van der Waals surface area contributed by atoms with Crippen molar-refractivity contribution in [2.24, 2.45) is 13.0 Å². The lowest BCUT2D eigenvalue weighted by molar-refractivity contribution is -0.150. The lowest BCUT2D eigenvalue weighted by Gasteiger charge is -2.57. The summed E-state index contributed by atoms with van der Waals surface area (Å²) >= 11 is 1.75. The molecule has 3 aromatic carbocycles. The maximum Gasteiger partial charge on any atom is 0.224 e. The Morgan fingerprint density at radius 2 is 1.43 bits per heavy atom. The monoisotopic (exact) mass is 571 g/mol. The second-order valence-corrected chi connectivity index (χ2v) is 17.0. The molecule has 1 aromatic heterocycles. The Labute approximate surface area is 241 Å². The number of carbonyl (C=O) groups is 1. The number of hydrogen-bond donors (Lipinski definition) is 1. The highest BCUT2D eigenvalue weighted by Gasteiger charge is 2.60. The minimum Gasteiger partial charge on any atom is -0.384 e. The summed E-state index contributed by atoms with van der Waals surface area (Å²) in [6.07, 6.45) is 1.04. The van der Waals surface area contributed by atoms with Crippen LogP contribution in [0.2, 0.25) is 19.1 Å². The van der Waals surface area contributed by atoms with Crippen molar-refractivity contribution in [2.45, 2.75) is 55.1 Å². The fourth-order valence-electron chi connectivity index (χ4n) is 5.83. The first-order valence-corrected chi connectivity index (χ1v) is 17.9. The first-order valence-electron chi connectivity index (χ1n) is 13.9. The number of aromatic nitrogens is 4. The van der Waals surface area contributed by atoms with Crippen LogP contribution in [0.25, 0.3) is 0 Å². The van der Waals surface area contributed by atoms with Gasteiger partial charge in [-0.05, 0) is 33.2 Å². The Balaban J connectivity index is 1.69. The molecule has 0 spiro atoms. The predicted molar refractivity (Wildman–Crippen MR) is 162 cm³/mol. The number of aryl methyl sites for hydroxylation is 1. The van der Waals surface area contributed by atoms with Crippen molar-refractivity contribution >= 4 is 25.9 Å². The summed E-state index contributed by atoms with van der Waals surface area (Å²) in [5.41, 5.74) is 3.37. The molecule has 0 aliphatic carbocycles. The number of nitrogens with zero attached hydrogens (tertiary/aromatic N) is 5. The molecular weight excluding hydrogens is 535 g/mol. The number of rotatable bonds is 11. The average molecular weight is 572 g/mol. The Morgan fingerprint density at radius 3 is 1.85 bits per heavy atom. The van der Waals surface area contributed by atoms with E-state index in [0.717, 1.165) is 35.6 Å². The van der Waals surface area contributed by atoms with E-state index < -0.39 is 25.0 Å². The van der Waals surface area contributed by atoms with Crippen molar-refractivity contribution in [3.05, 3.63) is 114 Å². The molecule has 1 aliphatic rings. The maximum atomic E-state index is 14.0. The number of amides is 1. The number of carbonyl (C=O) groups excluding carboxylic acids is 1. The summed E-state index contributed by atoms with van der Waals surface area (Å²) in [5, 5.41) is 23.1. The molecule has 5 rings (SSSR count). The van der Waals surface area contributed by atoms with Gasteiger partial charge in [0.1, 0.15) is 6.10 Å². The van der Waals surface area contributed by atoms with Gasteiger partial charge in [-0.3, -0.25) is 4.79 Å². The third-order valence-corrected chi connectivity index (χ3v) is 13.3. The topological polar surface area (TPSA) is 84.1 Å². The standard InChI is InChI=1S/C31H37N5O2SSi/c1-5-6-22-40(3,4)36-29(38)26(27(37)28-32-33-34-35(28)2)30(36)39-31(23-16-10-7-11-17-23,24-18-12-8-13-19-24)25-20-14-9-15-21-25/h7-21,26-27,30,37H,5-6,22H2,1-4H3. The molecule has 3 unspecified atom stereocenters. The molecular formula is C31H37N5O2SSi. The summed E-state index contributed by atoms with van der Waals surface area (Å²) in [6.45, 7) is 6.74. The first-order chi connectivity index (χ1) is 19.3. The van der Waals surface area contributed by atoms with Crippen molar-refractivity contribution in [3.63, 3.8) is 0 Å². The summed E-state index contributed by atoms with van der Waals surface area (Å²) < 4.78 is 2.97. The molecule has 1 amide bonds. The van der Waals surface area contributed by atoms with E-state index in [1.165, 1.54) is 4.68 Å². The van der Waals surface area contributed by atoms with Crippen molar-refractivity contribution in [1.82, 2.24) is 24.8 Å². The lowest BCUT2D eigenvalue weighted by atomic mass is 9.84. The molecule has 1 saturated heterocycles. The molecule has 208 valence electrons. The number of thioether (sulfide) groups is 1. The zero-order valence-electron chi connectivity index (χ0n) is 23.5. The number of aliphatic hydroxyl groups excluding tert-OH is 1.